The van der Waals surface area contributed by atoms with Crippen molar-refractivity contribution in [2.75, 3.05) is 39.6 Å². The second-order valence-electron chi connectivity index (χ2n) is 24.1. The summed E-state index contributed by atoms with van der Waals surface area (Å²) in [6.07, 6.45) is 73.7. The van der Waals surface area contributed by atoms with E-state index in [1.807, 2.05) is 18.2 Å². The third kappa shape index (κ3) is 68.0. The first-order valence-electron chi connectivity index (χ1n) is 36.8. The van der Waals surface area contributed by atoms with Crippen LogP contribution in [0.4, 0.5) is 0 Å². The normalized spacial score (nSPS) is 14.7. The van der Waals surface area contributed by atoms with Gasteiger partial charge in [-0.25, -0.2) is 9.13 Å². The first-order chi connectivity index (χ1) is 46.7. The number of phosphoric ester groups is 2. The molecule has 0 heterocycles. The van der Waals surface area contributed by atoms with Crippen LogP contribution in [0.3, 0.4) is 0 Å². The van der Waals surface area contributed by atoms with E-state index in [-0.39, 0.29) is 25.7 Å². The van der Waals surface area contributed by atoms with Gasteiger partial charge in [0.2, 0.25) is 0 Å². The Balaban J connectivity index is 5.39. The SMILES string of the molecule is CC/C=C\C/C=C\C/C=C\C/C=C\C/C=C\C/C=C\CCC(=O)OCC(COP(=O)(O)OCC(O)COP(=O)(O)OCC(COC(=O)CCCCCCC/C=C\C/C=C\CCC)OC(=O)CCCCCCC/C=C\CCCCCC)OC(=O)CCCCCCC/C=C\CCCC. The van der Waals surface area contributed by atoms with Crippen LogP contribution in [0.15, 0.2) is 122 Å². The summed E-state index contributed by atoms with van der Waals surface area (Å²) in [5.41, 5.74) is 0. The Hall–Kier alpha value is -4.54. The van der Waals surface area contributed by atoms with Crippen molar-refractivity contribution < 1.29 is 80.2 Å². The van der Waals surface area contributed by atoms with Crippen LogP contribution in [0.25, 0.3) is 0 Å². The fourth-order valence-corrected chi connectivity index (χ4v) is 10.8. The minimum absolute atomic E-state index is 0.0324. The minimum Gasteiger partial charge on any atom is -0.462 e. The minimum atomic E-state index is -4.99. The van der Waals surface area contributed by atoms with Crippen molar-refractivity contribution in [3.8, 4) is 0 Å². The smallest absolute Gasteiger partial charge is 0.462 e. The average molecular weight is 1390 g/mol. The van der Waals surface area contributed by atoms with Crippen molar-refractivity contribution in [3.05, 3.63) is 122 Å². The molecule has 0 aromatic heterocycles. The van der Waals surface area contributed by atoms with Gasteiger partial charge in [-0.2, -0.15) is 0 Å². The van der Waals surface area contributed by atoms with Crippen LogP contribution in [-0.4, -0.2) is 96.7 Å². The van der Waals surface area contributed by atoms with Crippen molar-refractivity contribution in [1.82, 2.24) is 0 Å². The van der Waals surface area contributed by atoms with Crippen LogP contribution >= 0.6 is 15.6 Å². The zero-order valence-electron chi connectivity index (χ0n) is 59.8. The lowest BCUT2D eigenvalue weighted by molar-refractivity contribution is -0.161. The number of hydrogen-bond acceptors (Lipinski definition) is 15. The van der Waals surface area contributed by atoms with E-state index in [0.717, 1.165) is 161 Å². The molecule has 0 aromatic carbocycles. The maximum absolute atomic E-state index is 13.0. The predicted molar refractivity (Wildman–Crippen MR) is 390 cm³/mol. The van der Waals surface area contributed by atoms with E-state index in [4.69, 9.17) is 37.0 Å². The second kappa shape index (κ2) is 69.0. The molecule has 0 bridgehead atoms. The second-order valence-corrected chi connectivity index (χ2v) is 27.0. The van der Waals surface area contributed by atoms with Crippen molar-refractivity contribution in [2.24, 2.45) is 0 Å². The molecule has 3 N–H and O–H groups in total. The molecular formula is C77H130O17P2. The molecule has 96 heavy (non-hydrogen) atoms. The summed E-state index contributed by atoms with van der Waals surface area (Å²) in [4.78, 5) is 72.6. The van der Waals surface area contributed by atoms with Gasteiger partial charge in [0.15, 0.2) is 12.2 Å². The Morgan fingerprint density at radius 1 is 0.302 bits per heavy atom. The lowest BCUT2D eigenvalue weighted by atomic mass is 10.1. The highest BCUT2D eigenvalue weighted by atomic mass is 31.2. The van der Waals surface area contributed by atoms with E-state index in [0.29, 0.717) is 32.1 Å². The zero-order valence-corrected chi connectivity index (χ0v) is 61.5. The molecule has 0 fully saturated rings. The summed E-state index contributed by atoms with van der Waals surface area (Å²) < 4.78 is 68.2. The maximum Gasteiger partial charge on any atom is 0.472 e. The van der Waals surface area contributed by atoms with E-state index < -0.39 is 97.5 Å². The first-order valence-corrected chi connectivity index (χ1v) is 39.8. The average Bonchev–Trinajstić information content (AvgIpc) is 1.11. The first kappa shape index (κ1) is 91.5. The fraction of sp³-hybridized carbons (Fsp3) is 0.688. The van der Waals surface area contributed by atoms with Crippen molar-refractivity contribution >= 4 is 39.5 Å². The van der Waals surface area contributed by atoms with Gasteiger partial charge in [0.25, 0.3) is 0 Å². The van der Waals surface area contributed by atoms with Gasteiger partial charge in [-0.05, 0) is 135 Å². The molecule has 19 heteroatoms. The van der Waals surface area contributed by atoms with Gasteiger partial charge in [0.1, 0.15) is 19.3 Å². The van der Waals surface area contributed by atoms with Crippen LogP contribution in [0, 0.1) is 0 Å². The number of carbonyl (C=O) groups is 4. The summed E-state index contributed by atoms with van der Waals surface area (Å²) in [6, 6.07) is 0. The van der Waals surface area contributed by atoms with Gasteiger partial charge < -0.3 is 33.8 Å². The summed E-state index contributed by atoms with van der Waals surface area (Å²) in [7, 11) is -9.97. The van der Waals surface area contributed by atoms with Gasteiger partial charge in [-0.3, -0.25) is 37.3 Å². The molecule has 5 atom stereocenters. The molecule has 5 unspecified atom stereocenters. The third-order valence-corrected chi connectivity index (χ3v) is 16.8. The van der Waals surface area contributed by atoms with Gasteiger partial charge in [-0.1, -0.05) is 246 Å². The van der Waals surface area contributed by atoms with Crippen LogP contribution in [-0.2, 0) is 65.4 Å². The van der Waals surface area contributed by atoms with E-state index in [1.165, 1.54) is 38.5 Å². The highest BCUT2D eigenvalue weighted by Crippen LogP contribution is 2.45. The number of unbranched alkanes of at least 4 members (excludes halogenated alkanes) is 22. The molecule has 0 spiro atoms. The molecule has 0 saturated carbocycles. The molecule has 0 saturated heterocycles. The van der Waals surface area contributed by atoms with Gasteiger partial charge in [0.05, 0.1) is 26.4 Å². The van der Waals surface area contributed by atoms with Crippen LogP contribution in [0.5, 0.6) is 0 Å². The molecule has 17 nitrogen and oxygen atoms in total. The summed E-state index contributed by atoms with van der Waals surface area (Å²) in [6.45, 7) is 4.50. The van der Waals surface area contributed by atoms with Crippen molar-refractivity contribution in [1.29, 1.82) is 0 Å². The fourth-order valence-electron chi connectivity index (χ4n) is 9.26. The van der Waals surface area contributed by atoms with Crippen molar-refractivity contribution in [2.45, 2.75) is 303 Å². The summed E-state index contributed by atoms with van der Waals surface area (Å²) in [5, 5.41) is 10.6. The van der Waals surface area contributed by atoms with Gasteiger partial charge >= 0.3 is 39.5 Å². The Bertz CT molecular complexity index is 2300. The van der Waals surface area contributed by atoms with Crippen LogP contribution in [0.2, 0.25) is 0 Å². The number of aliphatic hydroxyl groups excluding tert-OH is 1. The molecule has 0 radical (unpaired) electrons. The lowest BCUT2D eigenvalue weighted by Crippen LogP contribution is -2.30. The number of hydrogen-bond donors (Lipinski definition) is 3. The Morgan fingerprint density at radius 2 is 0.594 bits per heavy atom. The standard InChI is InChI=1S/C77H130O17P2/c1-5-9-13-17-21-25-29-32-33-34-35-36-37-40-43-46-50-54-58-62-75(80)88-67-72(93-76(81)63-59-55-51-47-41-28-24-20-16-12-8-4)69-91-95(83,84)89-65-71(78)66-90-96(85,86)92-70-73(94-77(82)64-60-56-52-48-44-39-31-27-23-19-15-11-7-3)68-87-74(79)61-57-53-49-45-42-38-30-26-22-18-14-10-6-2/h9,13-14,18,20-21,24-27,30-33,35-36,40,43,50,54,71-73,78H,5-8,10-12,15-17,19,22-23,28-29,34,37-39,41-42,44-49,51-53,55-70H2,1-4H3,(H,83,84)(H,85,86)/b13-9-,18-14-,24-20-,25-21-,30-26-,31-27-,33-32-,36-35-,43-40-,54-50-. The van der Waals surface area contributed by atoms with Gasteiger partial charge in [-0.15, -0.1) is 0 Å². The number of ether oxygens (including phenoxy) is 4. The molecule has 0 aliphatic heterocycles. The largest absolute Gasteiger partial charge is 0.472 e. The Labute approximate surface area is 581 Å². The maximum atomic E-state index is 13.0. The lowest BCUT2D eigenvalue weighted by Gasteiger charge is -2.21. The highest BCUT2D eigenvalue weighted by Gasteiger charge is 2.30. The number of aliphatic hydroxyl groups is 1. The number of allylic oxidation sites excluding steroid dienone is 20. The number of carbonyl (C=O) groups excluding carboxylic acids is 4. The van der Waals surface area contributed by atoms with E-state index in [1.54, 1.807) is 0 Å². The molecule has 0 aliphatic rings. The molecule has 0 aliphatic carbocycles. The quantitative estimate of drug-likeness (QED) is 0.0169. The van der Waals surface area contributed by atoms with Crippen molar-refractivity contribution in [3.63, 3.8) is 0 Å². The monoisotopic (exact) mass is 1390 g/mol. The molecular weight excluding hydrogens is 1260 g/mol. The van der Waals surface area contributed by atoms with E-state index in [2.05, 4.69) is 131 Å². The van der Waals surface area contributed by atoms with E-state index in [9.17, 15) is 43.2 Å². The molecule has 0 amide bonds. The molecule has 550 valence electrons. The van der Waals surface area contributed by atoms with E-state index >= 15 is 0 Å². The molecule has 0 rings (SSSR count). The van der Waals surface area contributed by atoms with Crippen LogP contribution in [0.1, 0.15) is 285 Å². The number of rotatable bonds is 68. The van der Waals surface area contributed by atoms with Gasteiger partial charge in [0, 0.05) is 25.7 Å². The number of esters is 4. The molecule has 0 aromatic rings. The summed E-state index contributed by atoms with van der Waals surface area (Å²) >= 11 is 0. The zero-order chi connectivity index (χ0) is 70.4. The summed E-state index contributed by atoms with van der Waals surface area (Å²) in [5.74, 6) is -2.31. The third-order valence-electron chi connectivity index (χ3n) is 14.9. The Morgan fingerprint density at radius 3 is 0.979 bits per heavy atom. The number of phosphoric acid groups is 2. The Kier molecular flexibility index (Phi) is 65.7. The van der Waals surface area contributed by atoms with Crippen LogP contribution < -0.4 is 0 Å². The predicted octanol–water partition coefficient (Wildman–Crippen LogP) is 20.8. The highest BCUT2D eigenvalue weighted by molar-refractivity contribution is 7.47. The topological polar surface area (TPSA) is 237 Å².